The van der Waals surface area contributed by atoms with E-state index < -0.39 is 0 Å². The molecule has 2 bridgehead atoms. The van der Waals surface area contributed by atoms with Gasteiger partial charge < -0.3 is 14.5 Å². The van der Waals surface area contributed by atoms with Crippen LogP contribution in [-0.2, 0) is 25.7 Å². The highest BCUT2D eigenvalue weighted by molar-refractivity contribution is 5.87. The molecular formula is C17H21NO5. The Hall–Kier alpha value is -2.11. The Bertz CT molecular complexity index is 564. The van der Waals surface area contributed by atoms with Crippen LogP contribution in [0.1, 0.15) is 37.9 Å². The lowest BCUT2D eigenvalue weighted by Crippen LogP contribution is -2.40. The van der Waals surface area contributed by atoms with Crippen molar-refractivity contribution in [3.8, 4) is 0 Å². The Kier molecular flexibility index (Phi) is 4.79. The van der Waals surface area contributed by atoms with Gasteiger partial charge in [0.05, 0.1) is 18.7 Å². The normalized spacial score (nSPS) is 26.6. The van der Waals surface area contributed by atoms with E-state index in [0.29, 0.717) is 24.4 Å². The van der Waals surface area contributed by atoms with Crippen LogP contribution in [0.3, 0.4) is 0 Å². The molecule has 2 saturated carbocycles. The molecule has 3 atom stereocenters. The molecule has 2 fully saturated rings. The average Bonchev–Trinajstić information content (AvgIpc) is 3.03. The van der Waals surface area contributed by atoms with Crippen LogP contribution in [0.5, 0.6) is 0 Å². The first-order chi connectivity index (χ1) is 11.1. The summed E-state index contributed by atoms with van der Waals surface area (Å²) in [5.41, 5.74) is 0. The van der Waals surface area contributed by atoms with Crippen LogP contribution in [-0.4, -0.2) is 24.3 Å². The number of hydrogen-bond donors (Lipinski definition) is 1. The zero-order valence-corrected chi connectivity index (χ0v) is 13.0. The van der Waals surface area contributed by atoms with Crippen LogP contribution in [0.2, 0.25) is 0 Å². The van der Waals surface area contributed by atoms with Crippen molar-refractivity contribution in [1.82, 2.24) is 5.32 Å². The molecule has 3 rings (SSSR count). The first kappa shape index (κ1) is 15.8. The monoisotopic (exact) mass is 319 g/mol. The van der Waals surface area contributed by atoms with Crippen molar-refractivity contribution in [1.29, 1.82) is 0 Å². The predicted octanol–water partition coefficient (Wildman–Crippen LogP) is 1.83. The van der Waals surface area contributed by atoms with Gasteiger partial charge in [-0.25, -0.2) is 0 Å². The minimum absolute atomic E-state index is 0.00725. The summed E-state index contributed by atoms with van der Waals surface area (Å²) in [7, 11) is 0. The van der Waals surface area contributed by atoms with Crippen LogP contribution in [0.25, 0.3) is 0 Å². The first-order valence-corrected chi connectivity index (χ1v) is 8.13. The Morgan fingerprint density at radius 3 is 2.65 bits per heavy atom. The molecule has 6 heteroatoms. The number of nitrogens with one attached hydrogen (secondary N) is 1. The van der Waals surface area contributed by atoms with Gasteiger partial charge in [0.2, 0.25) is 0 Å². The van der Waals surface area contributed by atoms with Gasteiger partial charge in [-0.3, -0.25) is 14.4 Å². The number of amides is 1. The van der Waals surface area contributed by atoms with Crippen LogP contribution < -0.4 is 5.32 Å². The van der Waals surface area contributed by atoms with E-state index in [4.69, 9.17) is 9.15 Å². The zero-order chi connectivity index (χ0) is 16.2. The van der Waals surface area contributed by atoms with E-state index in [1.54, 1.807) is 12.1 Å². The SMILES string of the molecule is O=C(COC(=O)C1C[C@H]2CCC[C@@H](C1)C2=O)NCc1ccco1. The van der Waals surface area contributed by atoms with Gasteiger partial charge in [-0.15, -0.1) is 0 Å². The Morgan fingerprint density at radius 1 is 1.26 bits per heavy atom. The molecule has 6 nitrogen and oxygen atoms in total. The van der Waals surface area contributed by atoms with Crippen molar-refractivity contribution in [2.24, 2.45) is 17.8 Å². The van der Waals surface area contributed by atoms with Crippen molar-refractivity contribution >= 4 is 17.7 Å². The first-order valence-electron chi connectivity index (χ1n) is 8.13. The summed E-state index contributed by atoms with van der Waals surface area (Å²) in [6.07, 6.45) is 5.50. The summed E-state index contributed by atoms with van der Waals surface area (Å²) >= 11 is 0. The van der Waals surface area contributed by atoms with Gasteiger partial charge >= 0.3 is 5.97 Å². The Morgan fingerprint density at radius 2 is 2.00 bits per heavy atom. The fraction of sp³-hybridized carbons (Fsp3) is 0.588. The van der Waals surface area contributed by atoms with Crippen molar-refractivity contribution < 1.29 is 23.5 Å². The summed E-state index contributed by atoms with van der Waals surface area (Å²) in [6.45, 7) is -0.0230. The number of fused-ring (bicyclic) bond motifs is 2. The molecule has 23 heavy (non-hydrogen) atoms. The van der Waals surface area contributed by atoms with Gasteiger partial charge in [0.25, 0.3) is 5.91 Å². The molecule has 0 saturated heterocycles. The van der Waals surface area contributed by atoms with Crippen molar-refractivity contribution in [3.05, 3.63) is 24.2 Å². The third kappa shape index (κ3) is 3.81. The molecule has 1 heterocycles. The van der Waals surface area contributed by atoms with Gasteiger partial charge in [0.15, 0.2) is 6.61 Å². The van der Waals surface area contributed by atoms with Crippen LogP contribution in [0.4, 0.5) is 0 Å². The number of furan rings is 1. The maximum atomic E-state index is 12.1. The summed E-state index contributed by atoms with van der Waals surface area (Å²) in [4.78, 5) is 35.8. The van der Waals surface area contributed by atoms with Crippen LogP contribution in [0.15, 0.2) is 22.8 Å². The molecule has 0 aromatic carbocycles. The molecule has 0 spiro atoms. The van der Waals surface area contributed by atoms with E-state index in [2.05, 4.69) is 5.32 Å². The quantitative estimate of drug-likeness (QED) is 0.837. The molecular weight excluding hydrogens is 298 g/mol. The largest absolute Gasteiger partial charge is 0.467 e. The molecule has 1 aromatic heterocycles. The van der Waals surface area contributed by atoms with Crippen molar-refractivity contribution in [2.45, 2.75) is 38.6 Å². The topological polar surface area (TPSA) is 85.6 Å². The van der Waals surface area contributed by atoms with E-state index in [9.17, 15) is 14.4 Å². The fourth-order valence-electron chi connectivity index (χ4n) is 3.58. The molecule has 2 aliphatic carbocycles. The van der Waals surface area contributed by atoms with Crippen molar-refractivity contribution in [3.63, 3.8) is 0 Å². The second-order valence-electron chi connectivity index (χ2n) is 6.36. The molecule has 2 aliphatic rings. The molecule has 1 aromatic rings. The minimum atomic E-state index is -0.359. The standard InChI is InChI=1S/C17H21NO5/c19-15(18-9-14-5-2-6-22-14)10-23-17(21)13-7-11-3-1-4-12(8-13)16(11)20/h2,5-6,11-13H,1,3-4,7-10H2,(H,18,19)/t11-,12+,13?. The Balaban J connectivity index is 1.42. The molecule has 1 unspecified atom stereocenters. The van der Waals surface area contributed by atoms with E-state index in [1.165, 1.54) is 6.26 Å². The van der Waals surface area contributed by atoms with Gasteiger partial charge in [-0.05, 0) is 37.8 Å². The van der Waals surface area contributed by atoms with Crippen molar-refractivity contribution in [2.75, 3.05) is 6.61 Å². The van der Waals surface area contributed by atoms with Crippen LogP contribution >= 0.6 is 0 Å². The third-order valence-corrected chi connectivity index (χ3v) is 4.77. The summed E-state index contributed by atoms with van der Waals surface area (Å²) in [5.74, 6) is 0.00527. The van der Waals surface area contributed by atoms with E-state index in [0.717, 1.165) is 19.3 Å². The lowest BCUT2D eigenvalue weighted by atomic mass is 9.67. The maximum Gasteiger partial charge on any atom is 0.309 e. The number of carbonyl (C=O) groups excluding carboxylic acids is 3. The number of carbonyl (C=O) groups is 3. The van der Waals surface area contributed by atoms with Gasteiger partial charge in [-0.2, -0.15) is 0 Å². The minimum Gasteiger partial charge on any atom is -0.467 e. The number of ether oxygens (including phenoxy) is 1. The lowest BCUT2D eigenvalue weighted by Gasteiger charge is -2.36. The second kappa shape index (κ2) is 6.98. The number of ketones is 1. The smallest absolute Gasteiger partial charge is 0.309 e. The number of rotatable bonds is 5. The lowest BCUT2D eigenvalue weighted by molar-refractivity contribution is -0.156. The summed E-state index contributed by atoms with van der Waals surface area (Å²) in [5, 5.41) is 2.63. The number of hydrogen-bond acceptors (Lipinski definition) is 5. The van der Waals surface area contributed by atoms with E-state index in [-0.39, 0.29) is 42.8 Å². The number of Topliss-reactive ketones (excluding diaryl/α,β-unsaturated/α-hetero) is 1. The maximum absolute atomic E-state index is 12.1. The molecule has 1 N–H and O–H groups in total. The number of esters is 1. The second-order valence-corrected chi connectivity index (χ2v) is 6.36. The van der Waals surface area contributed by atoms with Crippen LogP contribution in [0, 0.1) is 17.8 Å². The predicted molar refractivity (Wildman–Crippen MR) is 80.1 cm³/mol. The third-order valence-electron chi connectivity index (χ3n) is 4.77. The highest BCUT2D eigenvalue weighted by atomic mass is 16.5. The van der Waals surface area contributed by atoms with E-state index in [1.807, 2.05) is 0 Å². The molecule has 124 valence electrons. The summed E-state index contributed by atoms with van der Waals surface area (Å²) < 4.78 is 10.2. The van der Waals surface area contributed by atoms with Gasteiger partial charge in [0, 0.05) is 11.8 Å². The molecule has 1 amide bonds. The zero-order valence-electron chi connectivity index (χ0n) is 13.0. The fourth-order valence-corrected chi connectivity index (χ4v) is 3.58. The highest BCUT2D eigenvalue weighted by Crippen LogP contribution is 2.40. The van der Waals surface area contributed by atoms with Gasteiger partial charge in [-0.1, -0.05) is 6.42 Å². The average molecular weight is 319 g/mol. The van der Waals surface area contributed by atoms with Gasteiger partial charge in [0.1, 0.15) is 11.5 Å². The summed E-state index contributed by atoms with van der Waals surface area (Å²) in [6, 6.07) is 3.49. The highest BCUT2D eigenvalue weighted by Gasteiger charge is 2.41. The van der Waals surface area contributed by atoms with E-state index >= 15 is 0 Å². The molecule has 0 aliphatic heterocycles. The molecule has 0 radical (unpaired) electrons. The Labute approximate surface area is 134 Å².